The largest absolute Gasteiger partial charge is 0.657 e. The second-order valence-corrected chi connectivity index (χ2v) is 11.7. The van der Waals surface area contributed by atoms with Gasteiger partial charge in [0, 0.05) is 28.1 Å². The first-order chi connectivity index (χ1) is 17.3. The number of rotatable bonds is 9. The van der Waals surface area contributed by atoms with Crippen molar-refractivity contribution in [3.63, 3.8) is 0 Å². The van der Waals surface area contributed by atoms with Crippen molar-refractivity contribution in [2.24, 2.45) is 0 Å². The van der Waals surface area contributed by atoms with Crippen LogP contribution in [0.3, 0.4) is 0 Å². The van der Waals surface area contributed by atoms with Crippen LogP contribution in [0.2, 0.25) is 0 Å². The van der Waals surface area contributed by atoms with E-state index < -0.39 is 0 Å². The number of anilines is 2. The summed E-state index contributed by atoms with van der Waals surface area (Å²) in [6.07, 6.45) is 0.936. The highest BCUT2D eigenvalue weighted by molar-refractivity contribution is 6.16. The van der Waals surface area contributed by atoms with Gasteiger partial charge in [0.15, 0.2) is 0 Å². The van der Waals surface area contributed by atoms with E-state index in [1.54, 1.807) is 0 Å². The van der Waals surface area contributed by atoms with Gasteiger partial charge in [-0.25, -0.2) is 0 Å². The number of benzene rings is 3. The Balaban J connectivity index is 1.67. The molecule has 194 valence electrons. The predicted octanol–water partition coefficient (Wildman–Crippen LogP) is 4.92. The average Bonchev–Trinajstić information content (AvgIpc) is 2.80. The van der Waals surface area contributed by atoms with Crippen LogP contribution < -0.4 is 10.6 Å². The van der Waals surface area contributed by atoms with Crippen LogP contribution in [0.1, 0.15) is 49.9 Å². The van der Waals surface area contributed by atoms with Crippen molar-refractivity contribution >= 4 is 30.7 Å². The Labute approximate surface area is 222 Å². The molecule has 0 aliphatic carbocycles. The van der Waals surface area contributed by atoms with Gasteiger partial charge >= 0.3 is 7.55 Å². The molecule has 2 amide bonds. The molecule has 0 spiro atoms. The minimum Gasteiger partial charge on any atom is -0.345 e. The summed E-state index contributed by atoms with van der Waals surface area (Å²) in [7, 11) is 12.0. The molecule has 0 aliphatic heterocycles. The molecule has 0 bridgehead atoms. The Morgan fingerprint density at radius 2 is 1.11 bits per heavy atom. The lowest BCUT2D eigenvalue weighted by Crippen LogP contribution is -2.56. The summed E-state index contributed by atoms with van der Waals surface area (Å²) in [4.78, 5) is 25.7. The highest BCUT2D eigenvalue weighted by Crippen LogP contribution is 2.26. The number of aryl methyl sites for hydroxylation is 3. The van der Waals surface area contributed by atoms with E-state index in [1.807, 2.05) is 74.5 Å². The summed E-state index contributed by atoms with van der Waals surface area (Å²) in [6, 6.07) is 19.3. The van der Waals surface area contributed by atoms with Crippen LogP contribution in [0.15, 0.2) is 60.7 Å². The summed E-state index contributed by atoms with van der Waals surface area (Å²) in [6.45, 7) is 6.84. The third-order valence-electron chi connectivity index (χ3n) is 6.33. The molecule has 0 aromatic heterocycles. The maximum absolute atomic E-state index is 13.0. The van der Waals surface area contributed by atoms with Crippen molar-refractivity contribution in [2.75, 3.05) is 45.9 Å². The Kier molecular flexibility index (Phi) is 8.62. The third kappa shape index (κ3) is 8.04. The number of carbonyl (C=O) groups excluding carboxylic acids is 2. The SMILES string of the molecule is CCc1ccc(C(=O)Nc2cc(C)c(NC(=O)c3ccc(C[N+](C)(C)B[N+](C)(C)C)cc3)cc2C)cc1. The molecule has 0 aliphatic rings. The van der Waals surface area contributed by atoms with E-state index in [4.69, 9.17) is 0 Å². The standard InChI is InChI=1S/C30H39BN4O2/c1-9-23-10-14-25(15-11-23)29(36)32-27-18-22(3)28(19-21(27)2)33-30(37)26-16-12-24(13-17-26)20-35(7,8)31-34(4,5)6/h10-19,31H,9,20H2,1-8H3/p+2. The fourth-order valence-corrected chi connectivity index (χ4v) is 4.82. The number of hydrogen-bond acceptors (Lipinski definition) is 2. The number of amides is 2. The average molecular weight is 500 g/mol. The number of hydrogen-bond donors (Lipinski definition) is 2. The molecule has 0 atom stereocenters. The van der Waals surface area contributed by atoms with Crippen LogP contribution >= 0.6 is 0 Å². The molecular weight excluding hydrogens is 459 g/mol. The van der Waals surface area contributed by atoms with Crippen molar-refractivity contribution in [3.8, 4) is 0 Å². The van der Waals surface area contributed by atoms with Gasteiger partial charge in [-0.2, -0.15) is 0 Å². The summed E-state index contributed by atoms with van der Waals surface area (Å²) in [5.41, 5.74) is 6.86. The molecule has 2 N–H and O–H groups in total. The first-order valence-corrected chi connectivity index (χ1v) is 12.8. The quantitative estimate of drug-likeness (QED) is 0.410. The van der Waals surface area contributed by atoms with Gasteiger partial charge in [-0.05, 0) is 73.4 Å². The van der Waals surface area contributed by atoms with Crippen LogP contribution in [-0.2, 0) is 13.0 Å². The second kappa shape index (κ2) is 11.3. The van der Waals surface area contributed by atoms with Gasteiger partial charge in [0.25, 0.3) is 11.8 Å². The Hall–Kier alpha value is -3.42. The first kappa shape index (κ1) is 28.2. The number of quaternary nitrogens is 2. The molecule has 7 heteroatoms. The lowest BCUT2D eigenvalue weighted by molar-refractivity contribution is -0.888. The molecule has 3 aromatic carbocycles. The van der Waals surface area contributed by atoms with Gasteiger partial charge in [0.1, 0.15) is 0 Å². The van der Waals surface area contributed by atoms with Crippen molar-refractivity contribution in [2.45, 2.75) is 33.7 Å². The third-order valence-corrected chi connectivity index (χ3v) is 6.33. The summed E-state index contributed by atoms with van der Waals surface area (Å²) >= 11 is 0. The van der Waals surface area contributed by atoms with Crippen molar-refractivity contribution < 1.29 is 18.4 Å². The highest BCUT2D eigenvalue weighted by atomic mass is 16.2. The van der Waals surface area contributed by atoms with Gasteiger partial charge in [-0.1, -0.05) is 31.2 Å². The van der Waals surface area contributed by atoms with Crippen molar-refractivity contribution in [1.29, 1.82) is 0 Å². The molecule has 0 radical (unpaired) electrons. The molecule has 0 heterocycles. The van der Waals surface area contributed by atoms with Crippen molar-refractivity contribution in [3.05, 3.63) is 94.0 Å². The van der Waals surface area contributed by atoms with Gasteiger partial charge in [-0.3, -0.25) is 9.59 Å². The minimum absolute atomic E-state index is 0.148. The van der Waals surface area contributed by atoms with E-state index >= 15 is 0 Å². The van der Waals surface area contributed by atoms with Crippen LogP contribution in [0.25, 0.3) is 0 Å². The van der Waals surface area contributed by atoms with Gasteiger partial charge in [0.2, 0.25) is 0 Å². The van der Waals surface area contributed by atoms with Gasteiger partial charge in [-0.15, -0.1) is 0 Å². The molecule has 0 unspecified atom stereocenters. The van der Waals surface area contributed by atoms with Gasteiger partial charge in [0.05, 0.1) is 41.8 Å². The number of nitrogens with one attached hydrogen (secondary N) is 2. The monoisotopic (exact) mass is 500 g/mol. The Morgan fingerprint density at radius 3 is 1.49 bits per heavy atom. The van der Waals surface area contributed by atoms with Gasteiger partial charge < -0.3 is 19.4 Å². The van der Waals surface area contributed by atoms with Crippen LogP contribution in [0.4, 0.5) is 11.4 Å². The fraction of sp³-hybridized carbons (Fsp3) is 0.333. The maximum atomic E-state index is 13.0. The van der Waals surface area contributed by atoms with E-state index in [1.165, 1.54) is 11.1 Å². The minimum atomic E-state index is -0.151. The zero-order valence-electron chi connectivity index (χ0n) is 23.6. The topological polar surface area (TPSA) is 58.2 Å². The number of nitrogens with zero attached hydrogens (tertiary/aromatic N) is 2. The Bertz CT molecular complexity index is 1260. The van der Waals surface area contributed by atoms with Crippen LogP contribution in [-0.4, -0.2) is 63.4 Å². The normalized spacial score (nSPS) is 11.7. The summed E-state index contributed by atoms with van der Waals surface area (Å²) in [5.74, 6) is -0.299. The van der Waals surface area contributed by atoms with Crippen LogP contribution in [0.5, 0.6) is 0 Å². The molecular formula is C30H41BN4O2+2. The molecule has 3 aromatic rings. The van der Waals surface area contributed by atoms with Crippen LogP contribution in [0, 0.1) is 13.8 Å². The van der Waals surface area contributed by atoms with E-state index in [-0.39, 0.29) is 11.8 Å². The second-order valence-electron chi connectivity index (χ2n) is 11.7. The molecule has 0 saturated carbocycles. The zero-order valence-corrected chi connectivity index (χ0v) is 23.6. The smallest absolute Gasteiger partial charge is 0.345 e. The fourth-order valence-electron chi connectivity index (χ4n) is 4.82. The molecule has 37 heavy (non-hydrogen) atoms. The predicted molar refractivity (Wildman–Crippen MR) is 155 cm³/mol. The first-order valence-electron chi connectivity index (χ1n) is 12.8. The van der Waals surface area contributed by atoms with E-state index in [0.29, 0.717) is 11.1 Å². The molecule has 3 rings (SSSR count). The molecule has 6 nitrogen and oxygen atoms in total. The maximum Gasteiger partial charge on any atom is 0.657 e. The number of carbonyl (C=O) groups is 2. The van der Waals surface area contributed by atoms with E-state index in [9.17, 15) is 9.59 Å². The summed E-state index contributed by atoms with van der Waals surface area (Å²) < 4.78 is 1.75. The molecule has 0 fully saturated rings. The highest BCUT2D eigenvalue weighted by Gasteiger charge is 2.31. The lowest BCUT2D eigenvalue weighted by atomic mass is 9.97. The zero-order chi connectivity index (χ0) is 27.4. The molecule has 0 saturated heterocycles. The lowest BCUT2D eigenvalue weighted by Gasteiger charge is -2.34. The van der Waals surface area contributed by atoms with E-state index in [2.05, 4.69) is 52.8 Å². The Morgan fingerprint density at radius 1 is 0.703 bits per heavy atom. The summed E-state index contributed by atoms with van der Waals surface area (Å²) in [5, 5.41) is 6.03. The van der Waals surface area contributed by atoms with Crippen molar-refractivity contribution in [1.82, 2.24) is 0 Å². The van der Waals surface area contributed by atoms with E-state index in [0.717, 1.165) is 51.8 Å².